The third kappa shape index (κ3) is 2.78. The molecule has 0 aliphatic carbocycles. The number of aliphatic hydroxyl groups excluding tert-OH is 1. The third-order valence-electron chi connectivity index (χ3n) is 2.67. The molecule has 1 N–H and O–H groups in total. The van der Waals surface area contributed by atoms with Crippen molar-refractivity contribution >= 4 is 23.2 Å². The third-order valence-corrected chi connectivity index (χ3v) is 3.23. The van der Waals surface area contributed by atoms with Crippen LogP contribution in [0, 0.1) is 0 Å². The van der Waals surface area contributed by atoms with Crippen LogP contribution in [0.25, 0.3) is 0 Å². The molecule has 0 amide bonds. The summed E-state index contributed by atoms with van der Waals surface area (Å²) in [5, 5.41) is 11.3. The van der Waals surface area contributed by atoms with Crippen molar-refractivity contribution in [2.75, 3.05) is 7.11 Å². The number of ether oxygens (including phenoxy) is 1. The molecule has 1 unspecified atom stereocenters. The number of rotatable bonds is 3. The first-order valence-corrected chi connectivity index (χ1v) is 6.14. The zero-order chi connectivity index (χ0) is 13.1. The Morgan fingerprint density at radius 3 is 2.56 bits per heavy atom. The number of methoxy groups -OCH3 is 1. The van der Waals surface area contributed by atoms with Gasteiger partial charge in [0, 0.05) is 15.6 Å². The topological polar surface area (TPSA) is 29.5 Å². The van der Waals surface area contributed by atoms with Crippen LogP contribution >= 0.6 is 23.2 Å². The van der Waals surface area contributed by atoms with Gasteiger partial charge in [-0.05, 0) is 29.8 Å². The van der Waals surface area contributed by atoms with Gasteiger partial charge in [0.2, 0.25) is 0 Å². The van der Waals surface area contributed by atoms with Gasteiger partial charge in [-0.3, -0.25) is 0 Å². The Morgan fingerprint density at radius 2 is 1.89 bits per heavy atom. The summed E-state index contributed by atoms with van der Waals surface area (Å²) < 4.78 is 5.13. The van der Waals surface area contributed by atoms with Crippen LogP contribution in [0.3, 0.4) is 0 Å². The summed E-state index contributed by atoms with van der Waals surface area (Å²) >= 11 is 11.9. The van der Waals surface area contributed by atoms with Gasteiger partial charge in [0.15, 0.2) is 0 Å². The van der Waals surface area contributed by atoms with Crippen LogP contribution < -0.4 is 4.74 Å². The van der Waals surface area contributed by atoms with E-state index in [4.69, 9.17) is 27.9 Å². The molecule has 1 atom stereocenters. The minimum absolute atomic E-state index is 0.442. The first-order chi connectivity index (χ1) is 8.61. The Hall–Kier alpha value is -1.22. The number of halogens is 2. The van der Waals surface area contributed by atoms with Gasteiger partial charge in [-0.25, -0.2) is 0 Å². The van der Waals surface area contributed by atoms with Gasteiger partial charge in [-0.2, -0.15) is 0 Å². The Kier molecular flexibility index (Phi) is 4.12. The van der Waals surface area contributed by atoms with Crippen molar-refractivity contribution in [1.29, 1.82) is 0 Å². The lowest BCUT2D eigenvalue weighted by Gasteiger charge is -2.14. The van der Waals surface area contributed by atoms with Crippen molar-refractivity contribution in [3.63, 3.8) is 0 Å². The van der Waals surface area contributed by atoms with E-state index in [1.807, 2.05) is 18.2 Å². The van der Waals surface area contributed by atoms with E-state index in [1.54, 1.807) is 31.4 Å². The maximum absolute atomic E-state index is 10.3. The molecule has 0 saturated heterocycles. The molecule has 2 nitrogen and oxygen atoms in total. The van der Waals surface area contributed by atoms with Crippen molar-refractivity contribution in [2.45, 2.75) is 6.10 Å². The molecule has 94 valence electrons. The summed E-state index contributed by atoms with van der Waals surface area (Å²) in [5.41, 5.74) is 1.34. The molecule has 0 bridgehead atoms. The lowest BCUT2D eigenvalue weighted by molar-refractivity contribution is 0.220. The molecule has 2 rings (SSSR count). The molecule has 0 aliphatic heterocycles. The van der Waals surface area contributed by atoms with E-state index in [9.17, 15) is 5.11 Å². The van der Waals surface area contributed by atoms with Gasteiger partial charge in [-0.15, -0.1) is 0 Å². The van der Waals surface area contributed by atoms with Crippen molar-refractivity contribution in [2.24, 2.45) is 0 Å². The predicted octanol–water partition coefficient (Wildman–Crippen LogP) is 4.08. The standard InChI is InChI=1S/C14H12Cl2O2/c1-18-11-4-2-3-9(7-11)14(17)12-6-5-10(15)8-13(12)16/h2-8,14,17H,1H3. The predicted molar refractivity (Wildman–Crippen MR) is 73.5 cm³/mol. The number of hydrogen-bond donors (Lipinski definition) is 1. The lowest BCUT2D eigenvalue weighted by atomic mass is 10.0. The Bertz CT molecular complexity index is 555. The highest BCUT2D eigenvalue weighted by atomic mass is 35.5. The average Bonchev–Trinajstić information content (AvgIpc) is 2.38. The Morgan fingerprint density at radius 1 is 1.11 bits per heavy atom. The Labute approximate surface area is 116 Å². The molecule has 0 radical (unpaired) electrons. The fourth-order valence-electron chi connectivity index (χ4n) is 1.71. The largest absolute Gasteiger partial charge is 0.497 e. The molecule has 0 saturated carbocycles. The van der Waals surface area contributed by atoms with E-state index in [-0.39, 0.29) is 0 Å². The normalized spacial score (nSPS) is 12.2. The lowest BCUT2D eigenvalue weighted by Crippen LogP contribution is -2.00. The van der Waals surface area contributed by atoms with Crippen LogP contribution in [0.4, 0.5) is 0 Å². The van der Waals surface area contributed by atoms with Crippen LogP contribution in [0.1, 0.15) is 17.2 Å². The highest BCUT2D eigenvalue weighted by molar-refractivity contribution is 6.35. The fourth-order valence-corrected chi connectivity index (χ4v) is 2.23. The summed E-state index contributed by atoms with van der Waals surface area (Å²) in [6, 6.07) is 12.3. The van der Waals surface area contributed by atoms with E-state index in [2.05, 4.69) is 0 Å². The van der Waals surface area contributed by atoms with Crippen molar-refractivity contribution in [1.82, 2.24) is 0 Å². The van der Waals surface area contributed by atoms with Gasteiger partial charge >= 0.3 is 0 Å². The minimum atomic E-state index is -0.801. The molecule has 2 aromatic rings. The van der Waals surface area contributed by atoms with Gasteiger partial charge in [-0.1, -0.05) is 41.4 Å². The summed E-state index contributed by atoms with van der Waals surface area (Å²) in [6.07, 6.45) is -0.801. The van der Waals surface area contributed by atoms with E-state index < -0.39 is 6.10 Å². The Balaban J connectivity index is 2.37. The van der Waals surface area contributed by atoms with Gasteiger partial charge in [0.25, 0.3) is 0 Å². The molecule has 0 heterocycles. The SMILES string of the molecule is COc1cccc(C(O)c2ccc(Cl)cc2Cl)c1. The van der Waals surface area contributed by atoms with Gasteiger partial charge in [0.05, 0.1) is 7.11 Å². The zero-order valence-electron chi connectivity index (χ0n) is 9.73. The quantitative estimate of drug-likeness (QED) is 0.919. The molecule has 0 spiro atoms. The van der Waals surface area contributed by atoms with Crippen LogP contribution in [-0.2, 0) is 0 Å². The van der Waals surface area contributed by atoms with Crippen LogP contribution in [0.15, 0.2) is 42.5 Å². The van der Waals surface area contributed by atoms with E-state index in [1.165, 1.54) is 0 Å². The second-order valence-electron chi connectivity index (χ2n) is 3.84. The number of benzene rings is 2. The van der Waals surface area contributed by atoms with E-state index in [0.29, 0.717) is 21.4 Å². The molecular weight excluding hydrogens is 271 g/mol. The zero-order valence-corrected chi connectivity index (χ0v) is 11.2. The molecular formula is C14H12Cl2O2. The summed E-state index contributed by atoms with van der Waals surface area (Å²) in [7, 11) is 1.58. The van der Waals surface area contributed by atoms with E-state index >= 15 is 0 Å². The maximum atomic E-state index is 10.3. The highest BCUT2D eigenvalue weighted by Gasteiger charge is 2.14. The smallest absolute Gasteiger partial charge is 0.119 e. The van der Waals surface area contributed by atoms with E-state index in [0.717, 1.165) is 5.56 Å². The number of aliphatic hydroxyl groups is 1. The summed E-state index contributed by atoms with van der Waals surface area (Å²) in [6.45, 7) is 0. The maximum Gasteiger partial charge on any atom is 0.119 e. The van der Waals surface area contributed by atoms with Crippen LogP contribution in [0.2, 0.25) is 10.0 Å². The second kappa shape index (κ2) is 5.61. The fraction of sp³-hybridized carbons (Fsp3) is 0.143. The van der Waals surface area contributed by atoms with Crippen molar-refractivity contribution in [3.8, 4) is 5.75 Å². The highest BCUT2D eigenvalue weighted by Crippen LogP contribution is 2.31. The number of hydrogen-bond acceptors (Lipinski definition) is 2. The molecule has 18 heavy (non-hydrogen) atoms. The van der Waals surface area contributed by atoms with Gasteiger partial charge in [0.1, 0.15) is 11.9 Å². The molecule has 4 heteroatoms. The van der Waals surface area contributed by atoms with Gasteiger partial charge < -0.3 is 9.84 Å². The summed E-state index contributed by atoms with van der Waals surface area (Å²) in [5.74, 6) is 0.691. The van der Waals surface area contributed by atoms with Crippen LogP contribution in [-0.4, -0.2) is 12.2 Å². The first kappa shape index (κ1) is 13.2. The molecule has 0 aliphatic rings. The van der Waals surface area contributed by atoms with Crippen molar-refractivity contribution in [3.05, 3.63) is 63.6 Å². The molecule has 2 aromatic carbocycles. The van der Waals surface area contributed by atoms with Crippen molar-refractivity contribution < 1.29 is 9.84 Å². The monoisotopic (exact) mass is 282 g/mol. The first-order valence-electron chi connectivity index (χ1n) is 5.39. The minimum Gasteiger partial charge on any atom is -0.497 e. The molecule has 0 fully saturated rings. The average molecular weight is 283 g/mol. The second-order valence-corrected chi connectivity index (χ2v) is 4.69. The molecule has 0 aromatic heterocycles. The van der Waals surface area contributed by atoms with Crippen LogP contribution in [0.5, 0.6) is 5.75 Å². The summed E-state index contributed by atoms with van der Waals surface area (Å²) in [4.78, 5) is 0.